The van der Waals surface area contributed by atoms with Gasteiger partial charge in [-0.15, -0.1) is 10.2 Å². The van der Waals surface area contributed by atoms with Crippen LogP contribution in [0.2, 0.25) is 0 Å². The van der Waals surface area contributed by atoms with Gasteiger partial charge < -0.3 is 29.6 Å². The fourth-order valence-corrected chi connectivity index (χ4v) is 2.95. The van der Waals surface area contributed by atoms with Crippen molar-refractivity contribution in [2.75, 3.05) is 45.2 Å². The quantitative estimate of drug-likeness (QED) is 0.746. The molecule has 0 aliphatic carbocycles. The van der Waals surface area contributed by atoms with Crippen LogP contribution in [0.4, 0.5) is 17.3 Å². The van der Waals surface area contributed by atoms with E-state index in [2.05, 4.69) is 20.8 Å². The summed E-state index contributed by atoms with van der Waals surface area (Å²) in [4.78, 5) is 12.3. The van der Waals surface area contributed by atoms with Crippen LogP contribution in [0.5, 0.6) is 17.2 Å². The molecule has 2 N–H and O–H groups in total. The summed E-state index contributed by atoms with van der Waals surface area (Å²) in [6.07, 6.45) is 1.44. The van der Waals surface area contributed by atoms with E-state index in [0.29, 0.717) is 47.8 Å². The third-order valence-corrected chi connectivity index (χ3v) is 4.45. The number of benzene rings is 1. The van der Waals surface area contributed by atoms with Gasteiger partial charge in [0.05, 0.1) is 21.3 Å². The van der Waals surface area contributed by atoms with Crippen molar-refractivity contribution in [3.05, 3.63) is 24.3 Å². The van der Waals surface area contributed by atoms with Crippen LogP contribution in [0.1, 0.15) is 12.8 Å². The highest BCUT2D eigenvalue weighted by atomic mass is 16.5. The molecule has 1 aromatic heterocycles. The summed E-state index contributed by atoms with van der Waals surface area (Å²) >= 11 is 0. The number of amides is 1. The van der Waals surface area contributed by atoms with E-state index in [1.807, 2.05) is 0 Å². The Hall–Kier alpha value is -3.07. The highest BCUT2D eigenvalue weighted by Crippen LogP contribution is 2.40. The van der Waals surface area contributed by atoms with Crippen LogP contribution in [-0.4, -0.2) is 50.6 Å². The van der Waals surface area contributed by atoms with Gasteiger partial charge in [0.2, 0.25) is 11.7 Å². The lowest BCUT2D eigenvalue weighted by Crippen LogP contribution is -2.28. The molecular formula is C19H24N4O5. The molecule has 1 fully saturated rings. The Balaban J connectivity index is 1.68. The Bertz CT molecular complexity index is 781. The summed E-state index contributed by atoms with van der Waals surface area (Å²) in [5.74, 6) is 2.38. The SMILES string of the molecule is COc1cc(Nc2ccc(NC(=O)C3CCOCC3)nn2)cc(OC)c1OC. The summed E-state index contributed by atoms with van der Waals surface area (Å²) in [6.45, 7) is 1.23. The van der Waals surface area contributed by atoms with Gasteiger partial charge in [0.25, 0.3) is 0 Å². The number of ether oxygens (including phenoxy) is 4. The second-order valence-corrected chi connectivity index (χ2v) is 6.22. The van der Waals surface area contributed by atoms with Crippen LogP contribution in [0.25, 0.3) is 0 Å². The first-order valence-corrected chi connectivity index (χ1v) is 8.94. The molecule has 0 bridgehead atoms. The lowest BCUT2D eigenvalue weighted by Gasteiger charge is -2.20. The molecule has 2 heterocycles. The number of hydrogen-bond donors (Lipinski definition) is 2. The second kappa shape index (κ2) is 9.23. The smallest absolute Gasteiger partial charge is 0.228 e. The van der Waals surface area contributed by atoms with Crippen LogP contribution < -0.4 is 24.8 Å². The zero-order valence-corrected chi connectivity index (χ0v) is 16.2. The number of rotatable bonds is 7. The molecule has 0 saturated carbocycles. The normalized spacial score (nSPS) is 14.2. The van der Waals surface area contributed by atoms with Crippen LogP contribution in [0, 0.1) is 5.92 Å². The van der Waals surface area contributed by atoms with Gasteiger partial charge in [-0.2, -0.15) is 0 Å². The first-order chi connectivity index (χ1) is 13.6. The minimum absolute atomic E-state index is 0.0485. The number of nitrogens with zero attached hydrogens (tertiary/aromatic N) is 2. The Morgan fingerprint density at radius 1 is 1.00 bits per heavy atom. The molecule has 1 aliphatic rings. The van der Waals surface area contributed by atoms with Gasteiger partial charge >= 0.3 is 0 Å². The van der Waals surface area contributed by atoms with Gasteiger partial charge in [-0.3, -0.25) is 4.79 Å². The number of nitrogens with one attached hydrogen (secondary N) is 2. The number of hydrogen-bond acceptors (Lipinski definition) is 8. The number of aromatic nitrogens is 2. The van der Waals surface area contributed by atoms with Crippen molar-refractivity contribution in [2.24, 2.45) is 5.92 Å². The maximum Gasteiger partial charge on any atom is 0.228 e. The van der Waals surface area contributed by atoms with Gasteiger partial charge in [-0.1, -0.05) is 0 Å². The van der Waals surface area contributed by atoms with Crippen molar-refractivity contribution in [3.63, 3.8) is 0 Å². The first kappa shape index (κ1) is 19.7. The lowest BCUT2D eigenvalue weighted by molar-refractivity contribution is -0.122. The van der Waals surface area contributed by atoms with Crippen molar-refractivity contribution in [2.45, 2.75) is 12.8 Å². The summed E-state index contributed by atoms with van der Waals surface area (Å²) in [5.41, 5.74) is 0.697. The van der Waals surface area contributed by atoms with E-state index in [1.54, 1.807) is 45.6 Å². The molecule has 150 valence electrons. The van der Waals surface area contributed by atoms with E-state index in [4.69, 9.17) is 18.9 Å². The van der Waals surface area contributed by atoms with Crippen LogP contribution in [-0.2, 0) is 9.53 Å². The average Bonchev–Trinajstić information content (AvgIpc) is 2.75. The predicted octanol–water partition coefficient (Wildman–Crippen LogP) is 2.61. The van der Waals surface area contributed by atoms with Crippen molar-refractivity contribution in [1.29, 1.82) is 0 Å². The monoisotopic (exact) mass is 388 g/mol. The van der Waals surface area contributed by atoms with E-state index < -0.39 is 0 Å². The summed E-state index contributed by atoms with van der Waals surface area (Å²) in [5, 5.41) is 14.1. The number of carbonyl (C=O) groups is 1. The number of anilines is 3. The first-order valence-electron chi connectivity index (χ1n) is 8.94. The fraction of sp³-hybridized carbons (Fsp3) is 0.421. The van der Waals surface area contributed by atoms with Gasteiger partial charge in [-0.25, -0.2) is 0 Å². The number of methoxy groups -OCH3 is 3. The third kappa shape index (κ3) is 4.61. The maximum atomic E-state index is 12.3. The van der Waals surface area contributed by atoms with Gasteiger partial charge in [-0.05, 0) is 25.0 Å². The molecule has 0 unspecified atom stereocenters. The standard InChI is InChI=1S/C19H24N4O5/c1-25-14-10-13(11-15(26-2)18(14)27-3)20-16-4-5-17(23-22-16)21-19(24)12-6-8-28-9-7-12/h4-5,10-12H,6-9H2,1-3H3,(H,20,22)(H,21,23,24). The lowest BCUT2D eigenvalue weighted by atomic mass is 9.99. The molecule has 9 heteroatoms. The molecule has 28 heavy (non-hydrogen) atoms. The molecule has 1 saturated heterocycles. The van der Waals surface area contributed by atoms with Crippen molar-refractivity contribution < 1.29 is 23.7 Å². The van der Waals surface area contributed by atoms with Crippen molar-refractivity contribution >= 4 is 23.2 Å². The van der Waals surface area contributed by atoms with Crippen LogP contribution in [0.15, 0.2) is 24.3 Å². The third-order valence-electron chi connectivity index (χ3n) is 4.45. The van der Waals surface area contributed by atoms with E-state index >= 15 is 0 Å². The minimum Gasteiger partial charge on any atom is -0.493 e. The Morgan fingerprint density at radius 3 is 2.14 bits per heavy atom. The molecule has 0 spiro atoms. The Labute approximate surface area is 163 Å². The highest BCUT2D eigenvalue weighted by molar-refractivity contribution is 5.91. The second-order valence-electron chi connectivity index (χ2n) is 6.22. The summed E-state index contributed by atoms with van der Waals surface area (Å²) < 4.78 is 21.3. The maximum absolute atomic E-state index is 12.3. The zero-order chi connectivity index (χ0) is 19.9. The topological polar surface area (TPSA) is 104 Å². The van der Waals surface area contributed by atoms with E-state index in [0.717, 1.165) is 12.8 Å². The van der Waals surface area contributed by atoms with Gasteiger partial charge in [0, 0.05) is 37.0 Å². The summed E-state index contributed by atoms with van der Waals surface area (Å²) in [6, 6.07) is 6.97. The highest BCUT2D eigenvalue weighted by Gasteiger charge is 2.22. The van der Waals surface area contributed by atoms with Gasteiger partial charge in [0.1, 0.15) is 0 Å². The molecule has 1 aliphatic heterocycles. The predicted molar refractivity (Wildman–Crippen MR) is 104 cm³/mol. The Kier molecular flexibility index (Phi) is 6.49. The van der Waals surface area contributed by atoms with Crippen LogP contribution in [0.3, 0.4) is 0 Å². The van der Waals surface area contributed by atoms with E-state index in [-0.39, 0.29) is 11.8 Å². The molecule has 0 atom stereocenters. The van der Waals surface area contributed by atoms with Crippen molar-refractivity contribution in [1.82, 2.24) is 10.2 Å². The Morgan fingerprint density at radius 2 is 1.61 bits per heavy atom. The van der Waals surface area contributed by atoms with E-state index in [1.165, 1.54) is 0 Å². The zero-order valence-electron chi connectivity index (χ0n) is 16.2. The van der Waals surface area contributed by atoms with E-state index in [9.17, 15) is 4.79 Å². The van der Waals surface area contributed by atoms with Crippen LogP contribution >= 0.6 is 0 Å². The largest absolute Gasteiger partial charge is 0.493 e. The fourth-order valence-electron chi connectivity index (χ4n) is 2.95. The molecule has 3 rings (SSSR count). The molecule has 2 aromatic rings. The van der Waals surface area contributed by atoms with Crippen molar-refractivity contribution in [3.8, 4) is 17.2 Å². The van der Waals surface area contributed by atoms with Gasteiger partial charge in [0.15, 0.2) is 23.1 Å². The number of carbonyl (C=O) groups excluding carboxylic acids is 1. The average molecular weight is 388 g/mol. The molecule has 1 amide bonds. The molecular weight excluding hydrogens is 364 g/mol. The molecule has 1 aromatic carbocycles. The molecule has 9 nitrogen and oxygen atoms in total. The minimum atomic E-state index is -0.0528. The molecule has 0 radical (unpaired) electrons. The summed E-state index contributed by atoms with van der Waals surface area (Å²) in [7, 11) is 4.65.